The molecule has 0 radical (unpaired) electrons. The fraction of sp³-hybridized carbons (Fsp3) is 0.333. The molecule has 2 aromatic carbocycles. The van der Waals surface area contributed by atoms with E-state index in [0.29, 0.717) is 0 Å². The summed E-state index contributed by atoms with van der Waals surface area (Å²) in [6, 6.07) is 9.96. The SMILES string of the molecule is O=C1NC(=O)C([C@@H]2CCc3cc(Oc4ccc(Cl)c5c4CCC5)ccc32)S1. The lowest BCUT2D eigenvalue weighted by Crippen LogP contribution is -2.27. The number of halogens is 1. The molecule has 0 spiro atoms. The molecule has 1 aliphatic heterocycles. The van der Waals surface area contributed by atoms with Gasteiger partial charge in [-0.15, -0.1) is 0 Å². The third kappa shape index (κ3) is 2.93. The molecule has 1 unspecified atom stereocenters. The summed E-state index contributed by atoms with van der Waals surface area (Å²) < 4.78 is 6.20. The van der Waals surface area contributed by atoms with Crippen LogP contribution in [0.2, 0.25) is 5.02 Å². The van der Waals surface area contributed by atoms with E-state index in [9.17, 15) is 9.59 Å². The molecule has 138 valence electrons. The minimum absolute atomic E-state index is 0.0882. The number of nitrogens with one attached hydrogen (secondary N) is 1. The number of aryl methyl sites for hydroxylation is 1. The zero-order valence-electron chi connectivity index (χ0n) is 14.6. The minimum Gasteiger partial charge on any atom is -0.457 e. The Bertz CT molecular complexity index is 974. The molecule has 0 bridgehead atoms. The topological polar surface area (TPSA) is 55.4 Å². The molecule has 2 aromatic rings. The van der Waals surface area contributed by atoms with Gasteiger partial charge in [-0.25, -0.2) is 0 Å². The highest BCUT2D eigenvalue weighted by molar-refractivity contribution is 8.15. The predicted octanol–water partition coefficient (Wildman–Crippen LogP) is 5.00. The van der Waals surface area contributed by atoms with Crippen LogP contribution in [0.25, 0.3) is 0 Å². The maximum atomic E-state index is 12.0. The first-order valence-electron chi connectivity index (χ1n) is 9.22. The van der Waals surface area contributed by atoms with Gasteiger partial charge in [0.25, 0.3) is 5.24 Å². The van der Waals surface area contributed by atoms with Gasteiger partial charge in [0.05, 0.1) is 0 Å². The molecule has 1 heterocycles. The monoisotopic (exact) mass is 399 g/mol. The van der Waals surface area contributed by atoms with Crippen LogP contribution >= 0.6 is 23.4 Å². The van der Waals surface area contributed by atoms with Crippen molar-refractivity contribution in [3.63, 3.8) is 0 Å². The van der Waals surface area contributed by atoms with Crippen molar-refractivity contribution in [1.29, 1.82) is 0 Å². The van der Waals surface area contributed by atoms with E-state index in [2.05, 4.69) is 17.4 Å². The van der Waals surface area contributed by atoms with Crippen molar-refractivity contribution < 1.29 is 14.3 Å². The van der Waals surface area contributed by atoms with Gasteiger partial charge < -0.3 is 4.74 Å². The summed E-state index contributed by atoms with van der Waals surface area (Å²) >= 11 is 7.42. The number of benzene rings is 2. The van der Waals surface area contributed by atoms with Crippen LogP contribution < -0.4 is 10.1 Å². The molecule has 27 heavy (non-hydrogen) atoms. The molecule has 2 amide bonds. The largest absolute Gasteiger partial charge is 0.457 e. The molecule has 1 fully saturated rings. The molecule has 4 nitrogen and oxygen atoms in total. The first kappa shape index (κ1) is 17.1. The van der Waals surface area contributed by atoms with E-state index in [-0.39, 0.29) is 22.3 Å². The summed E-state index contributed by atoms with van der Waals surface area (Å²) in [7, 11) is 0. The van der Waals surface area contributed by atoms with Gasteiger partial charge in [-0.3, -0.25) is 14.9 Å². The van der Waals surface area contributed by atoms with Gasteiger partial charge >= 0.3 is 0 Å². The lowest BCUT2D eigenvalue weighted by atomic mass is 9.97. The number of hydrogen-bond donors (Lipinski definition) is 1. The smallest absolute Gasteiger partial charge is 0.286 e. The summed E-state index contributed by atoms with van der Waals surface area (Å²) in [6.45, 7) is 0. The number of imide groups is 1. The lowest BCUT2D eigenvalue weighted by molar-refractivity contribution is -0.119. The minimum atomic E-state index is -0.315. The molecular weight excluding hydrogens is 382 g/mol. The Hall–Kier alpha value is -1.98. The summed E-state index contributed by atoms with van der Waals surface area (Å²) in [4.78, 5) is 23.5. The summed E-state index contributed by atoms with van der Waals surface area (Å²) in [5.74, 6) is 1.62. The van der Waals surface area contributed by atoms with Crippen molar-refractivity contribution >= 4 is 34.5 Å². The zero-order chi connectivity index (χ0) is 18.5. The van der Waals surface area contributed by atoms with Crippen LogP contribution in [-0.4, -0.2) is 16.4 Å². The molecule has 5 rings (SSSR count). The number of amides is 2. The molecular formula is C21H18ClNO3S. The van der Waals surface area contributed by atoms with Crippen LogP contribution in [0.4, 0.5) is 4.79 Å². The van der Waals surface area contributed by atoms with Gasteiger partial charge in [-0.05, 0) is 78.6 Å². The second kappa shape index (κ2) is 6.57. The van der Waals surface area contributed by atoms with Crippen LogP contribution in [0, 0.1) is 0 Å². The van der Waals surface area contributed by atoms with Crippen LogP contribution in [-0.2, 0) is 24.1 Å². The molecule has 0 aromatic heterocycles. The predicted molar refractivity (Wildman–Crippen MR) is 106 cm³/mol. The Balaban J connectivity index is 1.41. The number of carbonyl (C=O) groups is 2. The number of thioether (sulfide) groups is 1. The van der Waals surface area contributed by atoms with Crippen molar-refractivity contribution in [3.8, 4) is 11.5 Å². The fourth-order valence-corrected chi connectivity index (χ4v) is 5.77. The molecule has 2 aliphatic carbocycles. The Morgan fingerprint density at radius 3 is 2.74 bits per heavy atom. The molecule has 1 saturated heterocycles. The van der Waals surface area contributed by atoms with Gasteiger partial charge in [0, 0.05) is 10.9 Å². The van der Waals surface area contributed by atoms with E-state index in [1.165, 1.54) is 16.7 Å². The normalized spacial score (nSPS) is 23.3. The third-order valence-electron chi connectivity index (χ3n) is 5.73. The Morgan fingerprint density at radius 2 is 1.93 bits per heavy atom. The lowest BCUT2D eigenvalue weighted by Gasteiger charge is -2.16. The van der Waals surface area contributed by atoms with Crippen LogP contribution in [0.1, 0.15) is 41.0 Å². The zero-order valence-corrected chi connectivity index (χ0v) is 16.2. The molecule has 0 saturated carbocycles. The highest BCUT2D eigenvalue weighted by Gasteiger charge is 2.41. The number of carbonyl (C=O) groups excluding carboxylic acids is 2. The third-order valence-corrected chi connectivity index (χ3v) is 7.20. The fourth-order valence-electron chi connectivity index (χ4n) is 4.49. The quantitative estimate of drug-likeness (QED) is 0.788. The van der Waals surface area contributed by atoms with Crippen LogP contribution in [0.15, 0.2) is 30.3 Å². The van der Waals surface area contributed by atoms with Crippen LogP contribution in [0.3, 0.4) is 0 Å². The molecule has 2 atom stereocenters. The van der Waals surface area contributed by atoms with Gasteiger partial charge in [-0.1, -0.05) is 29.4 Å². The van der Waals surface area contributed by atoms with Crippen molar-refractivity contribution in [1.82, 2.24) is 5.32 Å². The Labute approximate surface area is 166 Å². The average Bonchev–Trinajstić information content (AvgIpc) is 3.35. The van der Waals surface area contributed by atoms with E-state index in [1.54, 1.807) is 0 Å². The highest BCUT2D eigenvalue weighted by atomic mass is 35.5. The average molecular weight is 400 g/mol. The summed E-state index contributed by atoms with van der Waals surface area (Å²) in [5, 5.41) is 2.67. The maximum Gasteiger partial charge on any atom is 0.286 e. The van der Waals surface area contributed by atoms with E-state index in [0.717, 1.165) is 66.0 Å². The standard InChI is InChI=1S/C21H18ClNO3S/c22-17-8-9-18(15-3-1-2-14(15)17)26-12-5-7-13-11(10-12)4-6-16(13)19-20(24)23-21(25)27-19/h5,7-10,16,19H,1-4,6H2,(H,23,24,25)/t16-,19?/m1/s1. The number of fused-ring (bicyclic) bond motifs is 2. The molecule has 6 heteroatoms. The van der Waals surface area contributed by atoms with Gasteiger partial charge in [0.1, 0.15) is 16.7 Å². The van der Waals surface area contributed by atoms with Crippen molar-refractivity contribution in [3.05, 3.63) is 57.6 Å². The number of ether oxygens (including phenoxy) is 1. The van der Waals surface area contributed by atoms with Gasteiger partial charge in [0.2, 0.25) is 5.91 Å². The molecule has 3 aliphatic rings. The molecule has 1 N–H and O–H groups in total. The summed E-state index contributed by atoms with van der Waals surface area (Å²) in [6.07, 6.45) is 4.90. The number of hydrogen-bond acceptors (Lipinski definition) is 4. The van der Waals surface area contributed by atoms with Crippen molar-refractivity contribution in [2.45, 2.75) is 43.3 Å². The van der Waals surface area contributed by atoms with E-state index in [4.69, 9.17) is 16.3 Å². The Kier molecular flexibility index (Phi) is 4.17. The second-order valence-corrected chi connectivity index (χ2v) is 8.80. The summed E-state index contributed by atoms with van der Waals surface area (Å²) in [5.41, 5.74) is 4.80. The van der Waals surface area contributed by atoms with Crippen LogP contribution in [0.5, 0.6) is 11.5 Å². The second-order valence-electron chi connectivity index (χ2n) is 7.28. The number of rotatable bonds is 3. The maximum absolute atomic E-state index is 12.0. The van der Waals surface area contributed by atoms with E-state index >= 15 is 0 Å². The Morgan fingerprint density at radius 1 is 1.07 bits per heavy atom. The van der Waals surface area contributed by atoms with Gasteiger partial charge in [0.15, 0.2) is 0 Å². The van der Waals surface area contributed by atoms with Gasteiger partial charge in [-0.2, -0.15) is 0 Å². The highest BCUT2D eigenvalue weighted by Crippen LogP contribution is 2.44. The first-order valence-corrected chi connectivity index (χ1v) is 10.5. The van der Waals surface area contributed by atoms with E-state index < -0.39 is 0 Å². The van der Waals surface area contributed by atoms with Crippen molar-refractivity contribution in [2.75, 3.05) is 0 Å². The van der Waals surface area contributed by atoms with Crippen molar-refractivity contribution in [2.24, 2.45) is 0 Å². The first-order chi connectivity index (χ1) is 13.1. The van der Waals surface area contributed by atoms with E-state index in [1.807, 2.05) is 18.2 Å².